The van der Waals surface area contributed by atoms with E-state index in [0.717, 1.165) is 32.1 Å². The molecule has 1 spiro atoms. The summed E-state index contributed by atoms with van der Waals surface area (Å²) in [5.41, 5.74) is 4.53. The zero-order valence-corrected chi connectivity index (χ0v) is 21.1. The minimum atomic E-state index is -1.52. The first-order chi connectivity index (χ1) is 15.8. The number of carbonyl (C=O) groups excluding carboxylic acids is 1. The van der Waals surface area contributed by atoms with Gasteiger partial charge in [0.2, 0.25) is 0 Å². The number of hydrogen-bond acceptors (Lipinski definition) is 2. The normalized spacial score (nSPS) is 37.7. The van der Waals surface area contributed by atoms with Gasteiger partial charge in [0, 0.05) is 33.3 Å². The molecule has 5 heteroatoms. The zero-order valence-electron chi connectivity index (χ0n) is 18.9. The Balaban J connectivity index is 1.54. The van der Waals surface area contributed by atoms with Crippen LogP contribution in [-0.2, 0) is 9.53 Å². The maximum absolute atomic E-state index is 14.2. The molecule has 2 unspecified atom stereocenters. The molecule has 33 heavy (non-hydrogen) atoms. The van der Waals surface area contributed by atoms with Gasteiger partial charge in [-0.1, -0.05) is 24.6 Å². The van der Waals surface area contributed by atoms with Gasteiger partial charge >= 0.3 is 0 Å². The number of carbonyl (C=O) groups is 1. The largest absolute Gasteiger partial charge is 0.370 e. The molecule has 2 saturated carbocycles. The van der Waals surface area contributed by atoms with Crippen LogP contribution in [0.5, 0.6) is 0 Å². The standard InChI is InChI=1S/C28H29F2IO2/c1-27-15-22(16-2-5-18(31)6-3-16)25-20-9-7-19(32)14-17(20)4-8-21(25)23(27)10-12-28(27)24(26(29)30)11-13-33-28/h2-3,5-6,14,21-23H,4,7-13,15H2,1H3/t21?,22-,23?,27+,28-/m1/s1. The van der Waals surface area contributed by atoms with Crippen LogP contribution in [0.4, 0.5) is 8.78 Å². The third-order valence-corrected chi connectivity index (χ3v) is 10.3. The van der Waals surface area contributed by atoms with Crippen molar-refractivity contribution in [3.05, 3.63) is 67.8 Å². The molecule has 0 bridgehead atoms. The SMILES string of the molecule is C[C@]12C[C@H](c3ccc(I)cc3)C3=C4CCC(=O)C=C4CCC3C1CC[C@]21OCCC1=C(F)F. The van der Waals surface area contributed by atoms with Gasteiger partial charge < -0.3 is 4.74 Å². The van der Waals surface area contributed by atoms with Crippen LogP contribution >= 0.6 is 22.6 Å². The molecule has 6 rings (SSSR count). The number of ketones is 1. The third kappa shape index (κ3) is 3.13. The molecule has 5 aliphatic rings. The van der Waals surface area contributed by atoms with E-state index in [9.17, 15) is 13.6 Å². The lowest BCUT2D eigenvalue weighted by Crippen LogP contribution is -2.52. The molecular weight excluding hydrogens is 533 g/mol. The highest BCUT2D eigenvalue weighted by Gasteiger charge is 2.67. The highest BCUT2D eigenvalue weighted by atomic mass is 127. The molecule has 0 aromatic heterocycles. The zero-order chi connectivity index (χ0) is 23.0. The highest BCUT2D eigenvalue weighted by molar-refractivity contribution is 14.1. The topological polar surface area (TPSA) is 26.3 Å². The predicted molar refractivity (Wildman–Crippen MR) is 132 cm³/mol. The van der Waals surface area contributed by atoms with E-state index in [1.807, 2.05) is 6.08 Å². The third-order valence-electron chi connectivity index (χ3n) is 9.54. The Morgan fingerprint density at radius 1 is 1.09 bits per heavy atom. The van der Waals surface area contributed by atoms with Crippen LogP contribution in [0.25, 0.3) is 0 Å². The summed E-state index contributed by atoms with van der Waals surface area (Å²) in [4.78, 5) is 12.2. The van der Waals surface area contributed by atoms with Gasteiger partial charge in [-0.25, -0.2) is 0 Å². The minimum absolute atomic E-state index is 0.184. The average Bonchev–Trinajstić information content (AvgIpc) is 3.36. The van der Waals surface area contributed by atoms with Crippen LogP contribution in [0.3, 0.4) is 0 Å². The Kier molecular flexibility index (Phi) is 5.26. The van der Waals surface area contributed by atoms with E-state index in [0.29, 0.717) is 37.7 Å². The van der Waals surface area contributed by atoms with Crippen molar-refractivity contribution in [3.8, 4) is 0 Å². The van der Waals surface area contributed by atoms with Crippen molar-refractivity contribution in [1.29, 1.82) is 0 Å². The number of benzene rings is 1. The number of rotatable bonds is 1. The molecule has 4 aliphatic carbocycles. The van der Waals surface area contributed by atoms with Crippen LogP contribution in [0.15, 0.2) is 58.7 Å². The lowest BCUT2D eigenvalue weighted by atomic mass is 9.50. The van der Waals surface area contributed by atoms with E-state index < -0.39 is 11.7 Å². The van der Waals surface area contributed by atoms with Crippen LogP contribution in [0.1, 0.15) is 69.8 Å². The van der Waals surface area contributed by atoms with Gasteiger partial charge in [-0.05, 0) is 108 Å². The lowest BCUT2D eigenvalue weighted by Gasteiger charge is -2.55. The Morgan fingerprint density at radius 2 is 1.88 bits per heavy atom. The summed E-state index contributed by atoms with van der Waals surface area (Å²) in [5, 5.41) is 0. The fourth-order valence-electron chi connectivity index (χ4n) is 8.24. The summed E-state index contributed by atoms with van der Waals surface area (Å²) in [6, 6.07) is 8.74. The first kappa shape index (κ1) is 22.1. The van der Waals surface area contributed by atoms with Gasteiger partial charge in [-0.15, -0.1) is 0 Å². The number of hydrogen-bond donors (Lipinski definition) is 0. The summed E-state index contributed by atoms with van der Waals surface area (Å²) in [6.07, 6.45) is 6.52. The number of allylic oxidation sites excluding steroid dienone is 4. The average molecular weight is 562 g/mol. The molecule has 0 amide bonds. The van der Waals surface area contributed by atoms with Gasteiger partial charge in [-0.2, -0.15) is 8.78 Å². The van der Waals surface area contributed by atoms with Crippen LogP contribution in [0, 0.1) is 20.8 Å². The lowest BCUT2D eigenvalue weighted by molar-refractivity contribution is -0.114. The van der Waals surface area contributed by atoms with E-state index in [1.165, 1.54) is 25.9 Å². The van der Waals surface area contributed by atoms with Gasteiger partial charge in [0.1, 0.15) is 5.60 Å². The smallest absolute Gasteiger partial charge is 0.272 e. The maximum atomic E-state index is 14.2. The molecule has 5 atom stereocenters. The van der Waals surface area contributed by atoms with Crippen molar-refractivity contribution in [1.82, 2.24) is 0 Å². The van der Waals surface area contributed by atoms with Gasteiger partial charge in [-0.3, -0.25) is 4.79 Å². The van der Waals surface area contributed by atoms with Gasteiger partial charge in [0.15, 0.2) is 5.78 Å². The van der Waals surface area contributed by atoms with Crippen LogP contribution in [0.2, 0.25) is 0 Å². The van der Waals surface area contributed by atoms with Crippen LogP contribution in [-0.4, -0.2) is 18.0 Å². The van der Waals surface area contributed by atoms with Crippen molar-refractivity contribution in [2.45, 2.75) is 69.8 Å². The number of fused-ring (bicyclic) bond motifs is 5. The fourth-order valence-corrected chi connectivity index (χ4v) is 8.60. The second-order valence-corrected chi connectivity index (χ2v) is 12.0. The quantitative estimate of drug-likeness (QED) is 0.332. The summed E-state index contributed by atoms with van der Waals surface area (Å²) < 4.78 is 35.9. The highest BCUT2D eigenvalue weighted by Crippen LogP contribution is 2.70. The van der Waals surface area contributed by atoms with E-state index in [-0.39, 0.29) is 22.7 Å². The molecule has 1 heterocycles. The molecule has 174 valence electrons. The van der Waals surface area contributed by atoms with Crippen molar-refractivity contribution < 1.29 is 18.3 Å². The number of halogens is 3. The molecule has 1 aromatic rings. The predicted octanol–water partition coefficient (Wildman–Crippen LogP) is 7.50. The Hall–Kier alpha value is -1.34. The fraction of sp³-hybridized carbons (Fsp3) is 0.536. The van der Waals surface area contributed by atoms with Gasteiger partial charge in [0.05, 0.1) is 6.61 Å². The van der Waals surface area contributed by atoms with Crippen molar-refractivity contribution in [3.63, 3.8) is 0 Å². The van der Waals surface area contributed by atoms with E-state index in [4.69, 9.17) is 4.74 Å². The molecule has 0 radical (unpaired) electrons. The summed E-state index contributed by atoms with van der Waals surface area (Å²) >= 11 is 2.33. The molecule has 1 aliphatic heterocycles. The van der Waals surface area contributed by atoms with Crippen LogP contribution < -0.4 is 0 Å². The van der Waals surface area contributed by atoms with Crippen molar-refractivity contribution >= 4 is 28.4 Å². The van der Waals surface area contributed by atoms with Crippen molar-refractivity contribution in [2.75, 3.05) is 6.61 Å². The second kappa shape index (κ2) is 7.84. The number of ether oxygens (including phenoxy) is 1. The maximum Gasteiger partial charge on any atom is 0.272 e. The van der Waals surface area contributed by atoms with E-state index in [1.54, 1.807) is 0 Å². The first-order valence-electron chi connectivity index (χ1n) is 12.2. The van der Waals surface area contributed by atoms with E-state index >= 15 is 0 Å². The molecule has 1 aromatic carbocycles. The molecule has 3 fully saturated rings. The van der Waals surface area contributed by atoms with Gasteiger partial charge in [0.25, 0.3) is 6.08 Å². The monoisotopic (exact) mass is 562 g/mol. The summed E-state index contributed by atoms with van der Waals surface area (Å²) in [6.45, 7) is 2.65. The van der Waals surface area contributed by atoms with E-state index in [2.05, 4.69) is 53.8 Å². The summed E-state index contributed by atoms with van der Waals surface area (Å²) in [5.74, 6) is 1.14. The summed E-state index contributed by atoms with van der Waals surface area (Å²) in [7, 11) is 0. The molecule has 2 nitrogen and oxygen atoms in total. The first-order valence-corrected chi connectivity index (χ1v) is 13.3. The Labute approximate surface area is 207 Å². The van der Waals surface area contributed by atoms with Crippen molar-refractivity contribution in [2.24, 2.45) is 17.3 Å². The molecular formula is C28H29F2IO2. The molecule has 1 saturated heterocycles. The second-order valence-electron chi connectivity index (χ2n) is 10.8. The molecule has 0 N–H and O–H groups in total. The Morgan fingerprint density at radius 3 is 2.64 bits per heavy atom. The minimum Gasteiger partial charge on any atom is -0.370 e. The Bertz CT molecular complexity index is 1110.